The minimum atomic E-state index is -0.790. The highest BCUT2D eigenvalue weighted by molar-refractivity contribution is 5.67. The molecule has 0 heterocycles. The van der Waals surface area contributed by atoms with Crippen LogP contribution in [-0.4, -0.2) is 25.3 Å². The van der Waals surface area contributed by atoms with E-state index in [2.05, 4.69) is 0 Å². The third-order valence-corrected chi connectivity index (χ3v) is 2.69. The van der Waals surface area contributed by atoms with Crippen molar-refractivity contribution in [2.24, 2.45) is 0 Å². The van der Waals surface area contributed by atoms with E-state index in [0.29, 0.717) is 17.9 Å². The Morgan fingerprint density at radius 3 is 2.12 bits per heavy atom. The van der Waals surface area contributed by atoms with E-state index in [1.165, 1.54) is 0 Å². The van der Waals surface area contributed by atoms with E-state index in [4.69, 9.17) is 14.6 Å². The molecular formula is C13H18O4. The maximum absolute atomic E-state index is 10.6. The molecule has 17 heavy (non-hydrogen) atoms. The van der Waals surface area contributed by atoms with Crippen molar-refractivity contribution in [2.45, 2.75) is 26.2 Å². The van der Waals surface area contributed by atoms with Gasteiger partial charge in [0.25, 0.3) is 0 Å². The van der Waals surface area contributed by atoms with Gasteiger partial charge in [-0.15, -0.1) is 0 Å². The third-order valence-electron chi connectivity index (χ3n) is 2.69. The summed E-state index contributed by atoms with van der Waals surface area (Å²) in [4.78, 5) is 10.6. The molecule has 0 aliphatic carbocycles. The molecule has 0 bridgehead atoms. The second-order valence-electron chi connectivity index (χ2n) is 3.72. The minimum absolute atomic E-state index is 0.127. The number of aryl methyl sites for hydroxylation is 2. The Kier molecular flexibility index (Phi) is 4.82. The Labute approximate surface area is 101 Å². The molecule has 0 saturated heterocycles. The lowest BCUT2D eigenvalue weighted by atomic mass is 10.00. The van der Waals surface area contributed by atoms with Gasteiger partial charge in [-0.3, -0.25) is 4.79 Å². The van der Waals surface area contributed by atoms with Crippen molar-refractivity contribution < 1.29 is 19.4 Å². The molecule has 1 N–H and O–H groups in total. The zero-order valence-electron chi connectivity index (χ0n) is 10.4. The summed E-state index contributed by atoms with van der Waals surface area (Å²) < 4.78 is 10.4. The van der Waals surface area contributed by atoms with E-state index in [-0.39, 0.29) is 6.42 Å². The van der Waals surface area contributed by atoms with Crippen molar-refractivity contribution in [1.82, 2.24) is 0 Å². The van der Waals surface area contributed by atoms with Crippen molar-refractivity contribution >= 4 is 5.97 Å². The molecule has 0 saturated carbocycles. The van der Waals surface area contributed by atoms with Gasteiger partial charge in [0.1, 0.15) is 0 Å². The predicted molar refractivity (Wildman–Crippen MR) is 64.9 cm³/mol. The third kappa shape index (κ3) is 3.37. The molecule has 1 rings (SSSR count). The van der Waals surface area contributed by atoms with E-state index < -0.39 is 5.97 Å². The van der Waals surface area contributed by atoms with Crippen LogP contribution >= 0.6 is 0 Å². The molecule has 0 fully saturated rings. The standard InChI is InChI=1S/C13H18O4/c1-4-9-7-11(16-2)12(17-3)8-10(9)5-6-13(14)15/h7-8H,4-6H2,1-3H3,(H,14,15). The van der Waals surface area contributed by atoms with E-state index in [0.717, 1.165) is 17.5 Å². The van der Waals surface area contributed by atoms with E-state index >= 15 is 0 Å². The number of carbonyl (C=O) groups is 1. The molecule has 4 heteroatoms. The largest absolute Gasteiger partial charge is 0.493 e. The fourth-order valence-electron chi connectivity index (χ4n) is 1.77. The Morgan fingerprint density at radius 1 is 1.18 bits per heavy atom. The van der Waals surface area contributed by atoms with Gasteiger partial charge in [0.05, 0.1) is 14.2 Å². The SMILES string of the molecule is CCc1cc(OC)c(OC)cc1CCC(=O)O. The van der Waals surface area contributed by atoms with Gasteiger partial charge in [-0.1, -0.05) is 6.92 Å². The second-order valence-corrected chi connectivity index (χ2v) is 3.72. The van der Waals surface area contributed by atoms with E-state index in [1.807, 2.05) is 19.1 Å². The Bertz CT molecular complexity index is 399. The highest BCUT2D eigenvalue weighted by Crippen LogP contribution is 2.31. The summed E-state index contributed by atoms with van der Waals surface area (Å²) in [7, 11) is 3.17. The average molecular weight is 238 g/mol. The van der Waals surface area contributed by atoms with Crippen molar-refractivity contribution in [3.05, 3.63) is 23.3 Å². The minimum Gasteiger partial charge on any atom is -0.493 e. The molecule has 0 aromatic heterocycles. The molecular weight excluding hydrogens is 220 g/mol. The van der Waals surface area contributed by atoms with Crippen molar-refractivity contribution in [2.75, 3.05) is 14.2 Å². The number of hydrogen-bond acceptors (Lipinski definition) is 3. The summed E-state index contributed by atoms with van der Waals surface area (Å²) in [5.74, 6) is 0.537. The number of methoxy groups -OCH3 is 2. The van der Waals surface area contributed by atoms with Crippen LogP contribution in [0, 0.1) is 0 Å². The van der Waals surface area contributed by atoms with Gasteiger partial charge in [-0.05, 0) is 36.1 Å². The van der Waals surface area contributed by atoms with Crippen LogP contribution < -0.4 is 9.47 Å². The normalized spacial score (nSPS) is 10.1. The zero-order chi connectivity index (χ0) is 12.8. The molecule has 0 atom stereocenters. The lowest BCUT2D eigenvalue weighted by molar-refractivity contribution is -0.136. The summed E-state index contributed by atoms with van der Waals surface area (Å²) >= 11 is 0. The number of benzene rings is 1. The molecule has 0 unspecified atom stereocenters. The van der Waals surface area contributed by atoms with Gasteiger partial charge in [0.2, 0.25) is 0 Å². The molecule has 1 aromatic rings. The second kappa shape index (κ2) is 6.13. The molecule has 0 aliphatic rings. The summed E-state index contributed by atoms with van der Waals surface area (Å²) in [6, 6.07) is 3.77. The van der Waals surface area contributed by atoms with Gasteiger partial charge < -0.3 is 14.6 Å². The number of ether oxygens (including phenoxy) is 2. The number of hydrogen-bond donors (Lipinski definition) is 1. The van der Waals surface area contributed by atoms with Gasteiger partial charge in [-0.2, -0.15) is 0 Å². The molecule has 94 valence electrons. The molecule has 0 aliphatic heterocycles. The number of rotatable bonds is 6. The van der Waals surface area contributed by atoms with Crippen molar-refractivity contribution in [1.29, 1.82) is 0 Å². The maximum atomic E-state index is 10.6. The van der Waals surface area contributed by atoms with Crippen molar-refractivity contribution in [3.8, 4) is 11.5 Å². The number of aliphatic carboxylic acids is 1. The van der Waals surface area contributed by atoms with Gasteiger partial charge in [-0.25, -0.2) is 0 Å². The highest BCUT2D eigenvalue weighted by Gasteiger charge is 2.11. The Hall–Kier alpha value is -1.71. The Balaban J connectivity index is 3.05. The van der Waals surface area contributed by atoms with E-state index in [9.17, 15) is 4.79 Å². The van der Waals surface area contributed by atoms with Crippen LogP contribution in [0.1, 0.15) is 24.5 Å². The molecule has 0 amide bonds. The molecule has 1 aromatic carbocycles. The molecule has 4 nitrogen and oxygen atoms in total. The van der Waals surface area contributed by atoms with Gasteiger partial charge >= 0.3 is 5.97 Å². The fourth-order valence-corrected chi connectivity index (χ4v) is 1.77. The quantitative estimate of drug-likeness (QED) is 0.826. The van der Waals surface area contributed by atoms with Gasteiger partial charge in [0.15, 0.2) is 11.5 Å². The lowest BCUT2D eigenvalue weighted by Crippen LogP contribution is -2.02. The molecule has 0 radical (unpaired) electrons. The fraction of sp³-hybridized carbons (Fsp3) is 0.462. The first kappa shape index (κ1) is 13.4. The van der Waals surface area contributed by atoms with Crippen LogP contribution in [0.5, 0.6) is 11.5 Å². The Morgan fingerprint density at radius 2 is 1.71 bits per heavy atom. The van der Waals surface area contributed by atoms with Crippen LogP contribution in [0.15, 0.2) is 12.1 Å². The van der Waals surface area contributed by atoms with Gasteiger partial charge in [0, 0.05) is 6.42 Å². The van der Waals surface area contributed by atoms with Crippen LogP contribution in [0.3, 0.4) is 0 Å². The average Bonchev–Trinajstić information content (AvgIpc) is 2.34. The maximum Gasteiger partial charge on any atom is 0.303 e. The monoisotopic (exact) mass is 238 g/mol. The van der Waals surface area contributed by atoms with Crippen LogP contribution in [0.4, 0.5) is 0 Å². The van der Waals surface area contributed by atoms with Crippen LogP contribution in [0.2, 0.25) is 0 Å². The van der Waals surface area contributed by atoms with Crippen LogP contribution in [0.25, 0.3) is 0 Å². The zero-order valence-corrected chi connectivity index (χ0v) is 10.4. The summed E-state index contributed by atoms with van der Waals surface area (Å²) in [5, 5.41) is 8.71. The highest BCUT2D eigenvalue weighted by atomic mass is 16.5. The summed E-state index contributed by atoms with van der Waals surface area (Å²) in [6.07, 6.45) is 1.48. The molecule has 0 spiro atoms. The van der Waals surface area contributed by atoms with Crippen LogP contribution in [-0.2, 0) is 17.6 Å². The first-order chi connectivity index (χ1) is 8.12. The first-order valence-electron chi connectivity index (χ1n) is 5.57. The lowest BCUT2D eigenvalue weighted by Gasteiger charge is -2.13. The predicted octanol–water partition coefficient (Wildman–Crippen LogP) is 2.28. The topological polar surface area (TPSA) is 55.8 Å². The smallest absolute Gasteiger partial charge is 0.303 e. The van der Waals surface area contributed by atoms with E-state index in [1.54, 1.807) is 14.2 Å². The van der Waals surface area contributed by atoms with Crippen molar-refractivity contribution in [3.63, 3.8) is 0 Å². The number of carboxylic acid groups (broad SMARTS) is 1. The summed E-state index contributed by atoms with van der Waals surface area (Å²) in [5.41, 5.74) is 2.11. The summed E-state index contributed by atoms with van der Waals surface area (Å²) in [6.45, 7) is 2.03. The number of carboxylic acids is 1. The first-order valence-corrected chi connectivity index (χ1v) is 5.57.